The van der Waals surface area contributed by atoms with E-state index in [0.29, 0.717) is 13.0 Å². The van der Waals surface area contributed by atoms with Gasteiger partial charge in [-0.15, -0.1) is 0 Å². The lowest BCUT2D eigenvalue weighted by Gasteiger charge is -2.38. The van der Waals surface area contributed by atoms with E-state index in [-0.39, 0.29) is 5.92 Å². The van der Waals surface area contributed by atoms with Gasteiger partial charge in [-0.2, -0.15) is 0 Å². The standard InChI is InChI=1S/C10H19NO3/c1-5-6-11(7-12)10(4,8(2)3)9(13)14/h7-8H,5-6H2,1-4H3,(H,13,14). The Kier molecular flexibility index (Phi) is 4.60. The van der Waals surface area contributed by atoms with Crippen LogP contribution in [0.15, 0.2) is 0 Å². The van der Waals surface area contributed by atoms with Gasteiger partial charge >= 0.3 is 5.97 Å². The third kappa shape index (κ3) is 2.25. The smallest absolute Gasteiger partial charge is 0.329 e. The number of hydrogen-bond donors (Lipinski definition) is 1. The monoisotopic (exact) mass is 201 g/mol. The fraction of sp³-hybridized carbons (Fsp3) is 0.800. The first-order valence-corrected chi connectivity index (χ1v) is 4.86. The van der Waals surface area contributed by atoms with Gasteiger partial charge < -0.3 is 10.0 Å². The zero-order chi connectivity index (χ0) is 11.4. The minimum Gasteiger partial charge on any atom is -0.479 e. The molecule has 82 valence electrons. The second-order valence-corrected chi connectivity index (χ2v) is 3.91. The summed E-state index contributed by atoms with van der Waals surface area (Å²) in [5, 5.41) is 9.13. The molecule has 14 heavy (non-hydrogen) atoms. The molecule has 0 bridgehead atoms. The Morgan fingerprint density at radius 3 is 2.29 bits per heavy atom. The maximum absolute atomic E-state index is 11.1. The summed E-state index contributed by atoms with van der Waals surface area (Å²) in [5.41, 5.74) is -1.10. The first kappa shape index (κ1) is 12.9. The molecule has 0 saturated carbocycles. The van der Waals surface area contributed by atoms with E-state index >= 15 is 0 Å². The molecule has 0 aliphatic rings. The van der Waals surface area contributed by atoms with Gasteiger partial charge in [-0.05, 0) is 19.3 Å². The van der Waals surface area contributed by atoms with Crippen molar-refractivity contribution in [3.05, 3.63) is 0 Å². The molecule has 0 rings (SSSR count). The third-order valence-electron chi connectivity index (χ3n) is 2.75. The molecule has 0 aromatic heterocycles. The molecule has 4 heteroatoms. The van der Waals surface area contributed by atoms with Crippen LogP contribution in [-0.4, -0.2) is 34.5 Å². The van der Waals surface area contributed by atoms with E-state index in [1.54, 1.807) is 20.8 Å². The molecule has 0 heterocycles. The second-order valence-electron chi connectivity index (χ2n) is 3.91. The SMILES string of the molecule is CCCN(C=O)C(C)(C(=O)O)C(C)C. The fourth-order valence-electron chi connectivity index (χ4n) is 1.34. The predicted octanol–water partition coefficient (Wildman–Crippen LogP) is 1.35. The lowest BCUT2D eigenvalue weighted by atomic mass is 9.87. The van der Waals surface area contributed by atoms with Crippen LogP contribution in [0.4, 0.5) is 0 Å². The van der Waals surface area contributed by atoms with Crippen LogP contribution < -0.4 is 0 Å². The van der Waals surface area contributed by atoms with Gasteiger partial charge in [0.1, 0.15) is 5.54 Å². The van der Waals surface area contributed by atoms with E-state index < -0.39 is 11.5 Å². The molecule has 0 aliphatic heterocycles. The highest BCUT2D eigenvalue weighted by Crippen LogP contribution is 2.24. The van der Waals surface area contributed by atoms with Gasteiger partial charge in [0.25, 0.3) is 0 Å². The Bertz CT molecular complexity index is 215. The normalized spacial score (nSPS) is 14.9. The number of carboxylic acids is 1. The Labute approximate surface area is 84.9 Å². The van der Waals surface area contributed by atoms with E-state index in [2.05, 4.69) is 0 Å². The van der Waals surface area contributed by atoms with Crippen molar-refractivity contribution in [2.45, 2.75) is 39.7 Å². The summed E-state index contributed by atoms with van der Waals surface area (Å²) in [6.45, 7) is 7.59. The first-order chi connectivity index (χ1) is 6.41. The lowest BCUT2D eigenvalue weighted by Crippen LogP contribution is -2.55. The summed E-state index contributed by atoms with van der Waals surface area (Å²) >= 11 is 0. The minimum absolute atomic E-state index is 0.114. The number of aliphatic carboxylic acids is 1. The molecule has 0 radical (unpaired) electrons. The molecule has 1 amide bonds. The third-order valence-corrected chi connectivity index (χ3v) is 2.75. The number of nitrogens with zero attached hydrogens (tertiary/aromatic N) is 1. The molecule has 0 aliphatic carbocycles. The molecule has 0 spiro atoms. The van der Waals surface area contributed by atoms with Crippen LogP contribution in [0.25, 0.3) is 0 Å². The van der Waals surface area contributed by atoms with Crippen LogP contribution in [0.5, 0.6) is 0 Å². The molecule has 0 aromatic carbocycles. The highest BCUT2D eigenvalue weighted by atomic mass is 16.4. The number of carbonyl (C=O) groups excluding carboxylic acids is 1. The highest BCUT2D eigenvalue weighted by Gasteiger charge is 2.41. The van der Waals surface area contributed by atoms with E-state index in [4.69, 9.17) is 5.11 Å². The van der Waals surface area contributed by atoms with Gasteiger partial charge in [0.15, 0.2) is 0 Å². The van der Waals surface area contributed by atoms with Crippen molar-refractivity contribution in [1.82, 2.24) is 4.90 Å². The van der Waals surface area contributed by atoms with Crippen LogP contribution in [0.2, 0.25) is 0 Å². The summed E-state index contributed by atoms with van der Waals surface area (Å²) in [4.78, 5) is 23.3. The van der Waals surface area contributed by atoms with E-state index in [0.717, 1.165) is 6.42 Å². The molecular formula is C10H19NO3. The topological polar surface area (TPSA) is 57.6 Å². The minimum atomic E-state index is -1.10. The van der Waals surface area contributed by atoms with Gasteiger partial charge in [0.2, 0.25) is 6.41 Å². The molecule has 1 atom stereocenters. The summed E-state index contributed by atoms with van der Waals surface area (Å²) in [7, 11) is 0. The number of rotatable bonds is 6. The van der Waals surface area contributed by atoms with Gasteiger partial charge in [-0.3, -0.25) is 4.79 Å². The van der Waals surface area contributed by atoms with Crippen molar-refractivity contribution in [3.63, 3.8) is 0 Å². The maximum Gasteiger partial charge on any atom is 0.329 e. The molecule has 4 nitrogen and oxygen atoms in total. The quantitative estimate of drug-likeness (QED) is 0.660. The van der Waals surface area contributed by atoms with E-state index in [1.807, 2.05) is 6.92 Å². The number of carboxylic acid groups (broad SMARTS) is 1. The maximum atomic E-state index is 11.1. The van der Waals surface area contributed by atoms with Crippen molar-refractivity contribution >= 4 is 12.4 Å². The first-order valence-electron chi connectivity index (χ1n) is 4.86. The Morgan fingerprint density at radius 2 is 2.07 bits per heavy atom. The summed E-state index contributed by atoms with van der Waals surface area (Å²) in [5.74, 6) is -1.06. The van der Waals surface area contributed by atoms with Crippen LogP contribution in [0, 0.1) is 5.92 Å². The zero-order valence-corrected chi connectivity index (χ0v) is 9.28. The molecule has 1 unspecified atom stereocenters. The van der Waals surface area contributed by atoms with Crippen LogP contribution >= 0.6 is 0 Å². The number of carbonyl (C=O) groups is 2. The molecule has 0 aromatic rings. The van der Waals surface area contributed by atoms with Crippen molar-refractivity contribution in [1.29, 1.82) is 0 Å². The van der Waals surface area contributed by atoms with Crippen molar-refractivity contribution < 1.29 is 14.7 Å². The number of amides is 1. The van der Waals surface area contributed by atoms with Crippen molar-refractivity contribution in [2.75, 3.05) is 6.54 Å². The summed E-state index contributed by atoms with van der Waals surface area (Å²) in [6.07, 6.45) is 1.38. The predicted molar refractivity (Wildman–Crippen MR) is 53.9 cm³/mol. The molecule has 1 N–H and O–H groups in total. The van der Waals surface area contributed by atoms with E-state index in [1.165, 1.54) is 4.90 Å². The van der Waals surface area contributed by atoms with E-state index in [9.17, 15) is 9.59 Å². The second kappa shape index (κ2) is 4.98. The molecular weight excluding hydrogens is 182 g/mol. The van der Waals surface area contributed by atoms with Gasteiger partial charge in [0.05, 0.1) is 0 Å². The van der Waals surface area contributed by atoms with Gasteiger partial charge in [0, 0.05) is 6.54 Å². The zero-order valence-electron chi connectivity index (χ0n) is 9.28. The van der Waals surface area contributed by atoms with Crippen molar-refractivity contribution in [3.8, 4) is 0 Å². The molecule has 0 fully saturated rings. The average Bonchev–Trinajstić information content (AvgIpc) is 2.12. The van der Waals surface area contributed by atoms with Gasteiger partial charge in [-0.25, -0.2) is 4.79 Å². The number of hydrogen-bond acceptors (Lipinski definition) is 2. The van der Waals surface area contributed by atoms with Crippen molar-refractivity contribution in [2.24, 2.45) is 5.92 Å². The molecule has 0 saturated heterocycles. The summed E-state index contributed by atoms with van der Waals surface area (Å²) < 4.78 is 0. The van der Waals surface area contributed by atoms with Gasteiger partial charge in [-0.1, -0.05) is 20.8 Å². The van der Waals surface area contributed by atoms with Crippen LogP contribution in [0.1, 0.15) is 34.1 Å². The largest absolute Gasteiger partial charge is 0.479 e. The summed E-state index contributed by atoms with van der Waals surface area (Å²) in [6, 6.07) is 0. The Hall–Kier alpha value is -1.06. The Morgan fingerprint density at radius 1 is 1.57 bits per heavy atom. The average molecular weight is 201 g/mol. The van der Waals surface area contributed by atoms with Crippen LogP contribution in [0.3, 0.4) is 0 Å². The van der Waals surface area contributed by atoms with Crippen LogP contribution in [-0.2, 0) is 9.59 Å². The Balaban J connectivity index is 4.95. The lowest BCUT2D eigenvalue weighted by molar-refractivity contribution is -0.157. The fourth-order valence-corrected chi connectivity index (χ4v) is 1.34. The highest BCUT2D eigenvalue weighted by molar-refractivity contribution is 5.81.